The maximum atomic E-state index is 9.22. The summed E-state index contributed by atoms with van der Waals surface area (Å²) in [6.07, 6.45) is 2.39. The van der Waals surface area contributed by atoms with Crippen molar-refractivity contribution in [1.29, 1.82) is 0 Å². The molecule has 2 aromatic carbocycles. The SMILES string of the molecule is OC(O)c1ccccc1/C=C\c1ccccc1. The quantitative estimate of drug-likeness (QED) is 0.624. The lowest BCUT2D eigenvalue weighted by Gasteiger charge is -2.07. The van der Waals surface area contributed by atoms with Crippen molar-refractivity contribution in [2.75, 3.05) is 0 Å². The fourth-order valence-corrected chi connectivity index (χ4v) is 1.65. The summed E-state index contributed by atoms with van der Waals surface area (Å²) in [7, 11) is 0. The third-order valence-electron chi connectivity index (χ3n) is 2.53. The highest BCUT2D eigenvalue weighted by Gasteiger charge is 2.05. The lowest BCUT2D eigenvalue weighted by molar-refractivity contribution is -0.0426. The molecule has 86 valence electrons. The van der Waals surface area contributed by atoms with Gasteiger partial charge in [0, 0.05) is 5.56 Å². The first kappa shape index (κ1) is 11.6. The van der Waals surface area contributed by atoms with Gasteiger partial charge in [0.05, 0.1) is 0 Å². The Bertz CT molecular complexity index is 501. The van der Waals surface area contributed by atoms with Crippen molar-refractivity contribution < 1.29 is 10.2 Å². The Morgan fingerprint density at radius 3 is 2.12 bits per heavy atom. The van der Waals surface area contributed by atoms with Gasteiger partial charge in [-0.1, -0.05) is 66.7 Å². The molecular weight excluding hydrogens is 212 g/mol. The number of rotatable bonds is 3. The van der Waals surface area contributed by atoms with Gasteiger partial charge in [-0.3, -0.25) is 0 Å². The van der Waals surface area contributed by atoms with Crippen LogP contribution in [0.1, 0.15) is 23.0 Å². The summed E-state index contributed by atoms with van der Waals surface area (Å²) in [4.78, 5) is 0. The highest BCUT2D eigenvalue weighted by atomic mass is 16.5. The maximum absolute atomic E-state index is 9.22. The van der Waals surface area contributed by atoms with E-state index >= 15 is 0 Å². The van der Waals surface area contributed by atoms with E-state index in [9.17, 15) is 10.2 Å². The molecule has 0 saturated carbocycles. The summed E-state index contributed by atoms with van der Waals surface area (Å²) in [5.41, 5.74) is 2.40. The van der Waals surface area contributed by atoms with E-state index < -0.39 is 6.29 Å². The van der Waals surface area contributed by atoms with Crippen LogP contribution in [-0.4, -0.2) is 10.2 Å². The third-order valence-corrected chi connectivity index (χ3v) is 2.53. The molecule has 17 heavy (non-hydrogen) atoms. The van der Waals surface area contributed by atoms with Crippen LogP contribution in [0.4, 0.5) is 0 Å². The Kier molecular flexibility index (Phi) is 3.70. The fraction of sp³-hybridized carbons (Fsp3) is 0.0667. The first-order valence-corrected chi connectivity index (χ1v) is 5.45. The maximum Gasteiger partial charge on any atom is 0.179 e. The summed E-state index contributed by atoms with van der Waals surface area (Å²) in [6.45, 7) is 0. The third kappa shape index (κ3) is 3.03. The van der Waals surface area contributed by atoms with Crippen molar-refractivity contribution in [2.45, 2.75) is 6.29 Å². The largest absolute Gasteiger partial charge is 0.364 e. The molecule has 2 heteroatoms. The van der Waals surface area contributed by atoms with Crippen LogP contribution in [0.2, 0.25) is 0 Å². The van der Waals surface area contributed by atoms with E-state index in [0.717, 1.165) is 11.1 Å². The van der Waals surface area contributed by atoms with Gasteiger partial charge < -0.3 is 10.2 Å². The number of hydrogen-bond acceptors (Lipinski definition) is 2. The second kappa shape index (κ2) is 5.43. The minimum absolute atomic E-state index is 0.514. The number of benzene rings is 2. The molecule has 0 radical (unpaired) electrons. The van der Waals surface area contributed by atoms with Crippen molar-refractivity contribution in [1.82, 2.24) is 0 Å². The molecule has 0 aliphatic carbocycles. The van der Waals surface area contributed by atoms with Gasteiger partial charge in [-0.25, -0.2) is 0 Å². The number of aliphatic hydroxyl groups excluding tert-OH is 1. The Morgan fingerprint density at radius 1 is 0.765 bits per heavy atom. The summed E-state index contributed by atoms with van der Waals surface area (Å²) in [5, 5.41) is 18.4. The van der Waals surface area contributed by atoms with E-state index in [0.29, 0.717) is 5.56 Å². The van der Waals surface area contributed by atoms with Gasteiger partial charge in [-0.2, -0.15) is 0 Å². The highest BCUT2D eigenvalue weighted by Crippen LogP contribution is 2.18. The lowest BCUT2D eigenvalue weighted by atomic mass is 10.1. The van der Waals surface area contributed by atoms with Crippen molar-refractivity contribution in [3.63, 3.8) is 0 Å². The predicted octanol–water partition coefficient (Wildman–Crippen LogP) is 2.84. The van der Waals surface area contributed by atoms with E-state index in [2.05, 4.69) is 0 Å². The number of hydrogen-bond donors (Lipinski definition) is 2. The first-order chi connectivity index (χ1) is 8.27. The zero-order valence-electron chi connectivity index (χ0n) is 9.32. The number of aliphatic hydroxyl groups is 2. The van der Waals surface area contributed by atoms with Crippen molar-refractivity contribution >= 4 is 12.2 Å². The van der Waals surface area contributed by atoms with E-state index in [-0.39, 0.29) is 0 Å². The average Bonchev–Trinajstić information content (AvgIpc) is 2.38. The molecular formula is C15H14O2. The molecule has 0 amide bonds. The Labute approximate surface area is 100 Å². The van der Waals surface area contributed by atoms with Crippen LogP contribution in [0.15, 0.2) is 54.6 Å². The standard InChI is InChI=1S/C15H14O2/c16-15(17)14-9-5-4-8-13(14)11-10-12-6-2-1-3-7-12/h1-11,15-17H/b11-10-. The van der Waals surface area contributed by atoms with E-state index in [4.69, 9.17) is 0 Å². The molecule has 0 aliphatic rings. The van der Waals surface area contributed by atoms with Gasteiger partial charge in [0.1, 0.15) is 0 Å². The molecule has 0 heterocycles. The molecule has 0 saturated heterocycles. The van der Waals surface area contributed by atoms with E-state index in [1.807, 2.05) is 54.6 Å². The van der Waals surface area contributed by atoms with E-state index in [1.54, 1.807) is 12.1 Å². The van der Waals surface area contributed by atoms with Crippen LogP contribution in [0.25, 0.3) is 12.2 Å². The molecule has 2 aromatic rings. The summed E-state index contributed by atoms with van der Waals surface area (Å²) in [6, 6.07) is 17.1. The minimum atomic E-state index is -1.44. The second-order valence-corrected chi connectivity index (χ2v) is 3.75. The molecule has 0 aromatic heterocycles. The van der Waals surface area contributed by atoms with Crippen molar-refractivity contribution in [2.24, 2.45) is 0 Å². The summed E-state index contributed by atoms with van der Waals surface area (Å²) >= 11 is 0. The lowest BCUT2D eigenvalue weighted by Crippen LogP contribution is -1.97. The van der Waals surface area contributed by atoms with Crippen LogP contribution in [0, 0.1) is 0 Å². The van der Waals surface area contributed by atoms with Crippen LogP contribution in [0.3, 0.4) is 0 Å². The van der Waals surface area contributed by atoms with Gasteiger partial charge in [0.15, 0.2) is 6.29 Å². The van der Waals surface area contributed by atoms with Gasteiger partial charge in [-0.05, 0) is 11.1 Å². The van der Waals surface area contributed by atoms with E-state index in [1.165, 1.54) is 0 Å². The van der Waals surface area contributed by atoms with Crippen LogP contribution >= 0.6 is 0 Å². The molecule has 0 aliphatic heterocycles. The second-order valence-electron chi connectivity index (χ2n) is 3.75. The smallest absolute Gasteiger partial charge is 0.179 e. The molecule has 0 atom stereocenters. The van der Waals surface area contributed by atoms with Crippen molar-refractivity contribution in [3.05, 3.63) is 71.3 Å². The van der Waals surface area contributed by atoms with Gasteiger partial charge in [-0.15, -0.1) is 0 Å². The van der Waals surface area contributed by atoms with Gasteiger partial charge in [0.25, 0.3) is 0 Å². The molecule has 2 N–H and O–H groups in total. The zero-order chi connectivity index (χ0) is 12.1. The van der Waals surface area contributed by atoms with Gasteiger partial charge in [0.2, 0.25) is 0 Å². The molecule has 0 spiro atoms. The fourth-order valence-electron chi connectivity index (χ4n) is 1.65. The zero-order valence-corrected chi connectivity index (χ0v) is 9.32. The highest BCUT2D eigenvalue weighted by molar-refractivity contribution is 5.71. The van der Waals surface area contributed by atoms with Gasteiger partial charge >= 0.3 is 0 Å². The minimum Gasteiger partial charge on any atom is -0.364 e. The van der Waals surface area contributed by atoms with Crippen molar-refractivity contribution in [3.8, 4) is 0 Å². The Hall–Kier alpha value is -1.90. The molecule has 2 nitrogen and oxygen atoms in total. The Balaban J connectivity index is 2.27. The topological polar surface area (TPSA) is 40.5 Å². The van der Waals surface area contributed by atoms with Crippen LogP contribution < -0.4 is 0 Å². The van der Waals surface area contributed by atoms with Crippen LogP contribution in [0.5, 0.6) is 0 Å². The average molecular weight is 226 g/mol. The Morgan fingerprint density at radius 2 is 1.41 bits per heavy atom. The molecule has 0 bridgehead atoms. The monoisotopic (exact) mass is 226 g/mol. The first-order valence-electron chi connectivity index (χ1n) is 5.45. The van der Waals surface area contributed by atoms with Crippen LogP contribution in [-0.2, 0) is 0 Å². The molecule has 0 unspecified atom stereocenters. The summed E-state index contributed by atoms with van der Waals surface area (Å²) in [5.74, 6) is 0. The summed E-state index contributed by atoms with van der Waals surface area (Å²) < 4.78 is 0. The molecule has 2 rings (SSSR count). The molecule has 0 fully saturated rings. The normalized spacial score (nSPS) is 11.2. The predicted molar refractivity (Wildman–Crippen MR) is 69.0 cm³/mol.